The number of esters is 2. The van der Waals surface area contributed by atoms with Crippen LogP contribution in [0.3, 0.4) is 0 Å². The molecule has 0 spiro atoms. The number of rotatable bonds is 4. The van der Waals surface area contributed by atoms with Gasteiger partial charge in [-0.25, -0.2) is 9.59 Å². The highest BCUT2D eigenvalue weighted by Crippen LogP contribution is 2.33. The van der Waals surface area contributed by atoms with E-state index in [2.05, 4.69) is 9.47 Å². The second kappa shape index (κ2) is 4.86. The Hall–Kier alpha value is -1.04. The Morgan fingerprint density at radius 2 is 1.44 bits per heavy atom. The second-order valence-electron chi connectivity index (χ2n) is 3.32. The van der Waals surface area contributed by atoms with E-state index in [9.17, 15) is 14.2 Å². The molecule has 2 aliphatic heterocycles. The maximum Gasteiger partial charge on any atom is 0.699 e. The lowest BCUT2D eigenvalue weighted by Crippen LogP contribution is -2.19. The lowest BCUT2D eigenvalue weighted by atomic mass is 10.3. The minimum Gasteiger partial charge on any atom is -0.464 e. The molecule has 16 heavy (non-hydrogen) atoms. The highest BCUT2D eigenvalue weighted by Gasteiger charge is 2.42. The lowest BCUT2D eigenvalue weighted by Gasteiger charge is -1.97. The zero-order chi connectivity index (χ0) is 11.5. The van der Waals surface area contributed by atoms with Crippen LogP contribution in [0.2, 0.25) is 0 Å². The van der Waals surface area contributed by atoms with E-state index in [1.807, 2.05) is 0 Å². The first-order chi connectivity index (χ1) is 7.66. The summed E-state index contributed by atoms with van der Waals surface area (Å²) in [5.41, 5.74) is 0. The smallest absolute Gasteiger partial charge is 0.464 e. The van der Waals surface area contributed by atoms with Gasteiger partial charge in [0.05, 0.1) is 13.2 Å². The lowest BCUT2D eigenvalue weighted by molar-refractivity contribution is -0.144. The first-order valence-electron chi connectivity index (χ1n) is 4.81. The van der Waals surface area contributed by atoms with Crippen molar-refractivity contribution >= 4 is 20.2 Å². The van der Waals surface area contributed by atoms with E-state index in [0.29, 0.717) is 12.8 Å². The van der Waals surface area contributed by atoms with Crippen molar-refractivity contribution in [3.05, 3.63) is 0 Å². The average molecular weight is 249 g/mol. The standard InChI is InChI=1S/C8H10O7P/c9-7-5(1-3-12-7)14-16(11)15-6-2-4-13-8(6)10/h5-6H,1-4H2/q+1. The SMILES string of the molecule is O=C1OCCC1O[P+](=O)OC1CCOC1=O. The molecule has 0 N–H and O–H groups in total. The molecule has 0 aromatic heterocycles. The van der Waals surface area contributed by atoms with Gasteiger partial charge in [-0.2, -0.15) is 0 Å². The van der Waals surface area contributed by atoms with Gasteiger partial charge in [-0.05, 0) is 0 Å². The topological polar surface area (TPSA) is 88.1 Å². The van der Waals surface area contributed by atoms with E-state index in [0.717, 1.165) is 0 Å². The minimum atomic E-state index is -2.51. The third-order valence-electron chi connectivity index (χ3n) is 2.20. The number of carbonyl (C=O) groups is 2. The van der Waals surface area contributed by atoms with Gasteiger partial charge in [0.2, 0.25) is 12.2 Å². The van der Waals surface area contributed by atoms with Crippen molar-refractivity contribution in [2.75, 3.05) is 13.2 Å². The highest BCUT2D eigenvalue weighted by molar-refractivity contribution is 7.33. The summed E-state index contributed by atoms with van der Waals surface area (Å²) in [6.45, 7) is 0.496. The van der Waals surface area contributed by atoms with Gasteiger partial charge in [-0.3, -0.25) is 0 Å². The highest BCUT2D eigenvalue weighted by atomic mass is 31.1. The summed E-state index contributed by atoms with van der Waals surface area (Å²) < 4.78 is 30.2. The van der Waals surface area contributed by atoms with Crippen LogP contribution in [0.15, 0.2) is 0 Å². The Bertz CT molecular complexity index is 298. The third kappa shape index (κ3) is 2.55. The van der Waals surface area contributed by atoms with Crippen molar-refractivity contribution in [1.29, 1.82) is 0 Å². The molecular weight excluding hydrogens is 239 g/mol. The predicted molar refractivity (Wildman–Crippen MR) is 48.5 cm³/mol. The molecule has 0 saturated carbocycles. The molecule has 0 aliphatic carbocycles. The predicted octanol–water partition coefficient (Wildman–Crippen LogP) is 0.308. The van der Waals surface area contributed by atoms with E-state index in [-0.39, 0.29) is 13.2 Å². The summed E-state index contributed by atoms with van der Waals surface area (Å²) in [5, 5.41) is 0. The Kier molecular flexibility index (Phi) is 3.48. The molecule has 0 bridgehead atoms. The largest absolute Gasteiger partial charge is 0.699 e. The van der Waals surface area contributed by atoms with Crippen LogP contribution in [-0.2, 0) is 32.7 Å². The van der Waals surface area contributed by atoms with E-state index < -0.39 is 32.4 Å². The van der Waals surface area contributed by atoms with Crippen molar-refractivity contribution < 1.29 is 32.7 Å². The Labute approximate surface area is 91.9 Å². The molecule has 0 aromatic carbocycles. The molecule has 8 heteroatoms. The van der Waals surface area contributed by atoms with E-state index >= 15 is 0 Å². The maximum atomic E-state index is 11.3. The fourth-order valence-corrected chi connectivity index (χ4v) is 2.23. The third-order valence-corrected chi connectivity index (χ3v) is 3.05. The Morgan fingerprint density at radius 3 is 1.75 bits per heavy atom. The van der Waals surface area contributed by atoms with E-state index in [1.54, 1.807) is 0 Å². The maximum absolute atomic E-state index is 11.3. The molecule has 0 amide bonds. The fraction of sp³-hybridized carbons (Fsp3) is 0.750. The van der Waals surface area contributed by atoms with E-state index in [4.69, 9.17) is 9.05 Å². The first kappa shape index (κ1) is 11.4. The van der Waals surface area contributed by atoms with Crippen LogP contribution in [0.1, 0.15) is 12.8 Å². The molecule has 2 heterocycles. The van der Waals surface area contributed by atoms with Gasteiger partial charge in [0.1, 0.15) is 0 Å². The number of hydrogen-bond donors (Lipinski definition) is 0. The van der Waals surface area contributed by atoms with Gasteiger partial charge in [0, 0.05) is 17.4 Å². The zero-order valence-electron chi connectivity index (χ0n) is 8.29. The van der Waals surface area contributed by atoms with Crippen molar-refractivity contribution in [2.24, 2.45) is 0 Å². The summed E-state index contributed by atoms with van der Waals surface area (Å²) in [4.78, 5) is 22.0. The van der Waals surface area contributed by atoms with Crippen LogP contribution >= 0.6 is 8.25 Å². The molecule has 2 aliphatic rings. The molecule has 2 saturated heterocycles. The van der Waals surface area contributed by atoms with Gasteiger partial charge in [0.15, 0.2) is 0 Å². The second-order valence-corrected chi connectivity index (χ2v) is 4.19. The molecule has 2 fully saturated rings. The summed E-state index contributed by atoms with van der Waals surface area (Å²) >= 11 is 0. The van der Waals surface area contributed by atoms with Crippen LogP contribution < -0.4 is 0 Å². The Balaban J connectivity index is 1.79. The number of ether oxygens (including phenoxy) is 2. The summed E-state index contributed by atoms with van der Waals surface area (Å²) in [5.74, 6) is -1.11. The number of hydrogen-bond acceptors (Lipinski definition) is 7. The molecule has 0 radical (unpaired) electrons. The van der Waals surface area contributed by atoms with Crippen molar-refractivity contribution in [2.45, 2.75) is 25.0 Å². The molecule has 88 valence electrons. The molecular formula is C8H10O7P+. The summed E-state index contributed by atoms with van der Waals surface area (Å²) in [7, 11) is -2.51. The van der Waals surface area contributed by atoms with Gasteiger partial charge in [-0.1, -0.05) is 0 Å². The van der Waals surface area contributed by atoms with Crippen molar-refractivity contribution in [1.82, 2.24) is 0 Å². The van der Waals surface area contributed by atoms with Crippen LogP contribution in [0.25, 0.3) is 0 Å². The van der Waals surface area contributed by atoms with E-state index in [1.165, 1.54) is 0 Å². The van der Waals surface area contributed by atoms with Crippen molar-refractivity contribution in [3.63, 3.8) is 0 Å². The zero-order valence-corrected chi connectivity index (χ0v) is 9.18. The first-order valence-corrected chi connectivity index (χ1v) is 5.90. The van der Waals surface area contributed by atoms with Crippen LogP contribution in [0.4, 0.5) is 0 Å². The van der Waals surface area contributed by atoms with Crippen LogP contribution in [-0.4, -0.2) is 37.4 Å². The molecule has 2 rings (SSSR count). The summed E-state index contributed by atoms with van der Waals surface area (Å²) in [6.07, 6.45) is -1.03. The van der Waals surface area contributed by atoms with Gasteiger partial charge >= 0.3 is 20.2 Å². The molecule has 2 atom stereocenters. The van der Waals surface area contributed by atoms with Crippen LogP contribution in [0, 0.1) is 0 Å². The van der Waals surface area contributed by atoms with Crippen molar-refractivity contribution in [3.8, 4) is 0 Å². The monoisotopic (exact) mass is 249 g/mol. The Morgan fingerprint density at radius 1 is 1.00 bits per heavy atom. The molecule has 2 unspecified atom stereocenters. The normalized spacial score (nSPS) is 30.1. The number of carbonyl (C=O) groups excluding carboxylic acids is 2. The van der Waals surface area contributed by atoms with Gasteiger partial charge in [0.25, 0.3) is 0 Å². The number of cyclic esters (lactones) is 2. The van der Waals surface area contributed by atoms with Crippen LogP contribution in [0.5, 0.6) is 0 Å². The van der Waals surface area contributed by atoms with Gasteiger partial charge in [-0.15, -0.1) is 9.05 Å². The summed E-state index contributed by atoms with van der Waals surface area (Å²) in [6, 6.07) is 0. The minimum absolute atomic E-state index is 0.248. The quantitative estimate of drug-likeness (QED) is 0.523. The fourth-order valence-electron chi connectivity index (χ4n) is 1.38. The average Bonchev–Trinajstić information content (AvgIpc) is 2.79. The molecule has 0 aromatic rings. The van der Waals surface area contributed by atoms with Gasteiger partial charge < -0.3 is 9.47 Å². The molecule has 7 nitrogen and oxygen atoms in total.